The maximum Gasteiger partial charge on any atom is 0.234 e. The third-order valence-electron chi connectivity index (χ3n) is 3.87. The topological polar surface area (TPSA) is 64.4 Å². The fourth-order valence-corrected chi connectivity index (χ4v) is 3.46. The van der Waals surface area contributed by atoms with Gasteiger partial charge in [0.25, 0.3) is 0 Å². The predicted molar refractivity (Wildman–Crippen MR) is 90.1 cm³/mol. The molecule has 0 spiro atoms. The highest BCUT2D eigenvalue weighted by molar-refractivity contribution is 7.99. The van der Waals surface area contributed by atoms with Gasteiger partial charge in [0, 0.05) is 22.6 Å². The molecule has 6 heteroatoms. The normalized spacial score (nSPS) is 13.4. The maximum atomic E-state index is 12.1. The van der Waals surface area contributed by atoms with Crippen LogP contribution in [0.3, 0.4) is 0 Å². The van der Waals surface area contributed by atoms with Crippen molar-refractivity contribution in [3.63, 3.8) is 0 Å². The largest absolute Gasteiger partial charge is 0.497 e. The summed E-state index contributed by atoms with van der Waals surface area (Å²) in [4.78, 5) is 13.2. The molecule has 0 fully saturated rings. The molecule has 1 amide bonds. The van der Waals surface area contributed by atoms with Gasteiger partial charge in [0.15, 0.2) is 0 Å². The highest BCUT2D eigenvalue weighted by Gasteiger charge is 2.20. The number of hydrogen-bond acceptors (Lipinski definition) is 5. The Morgan fingerprint density at radius 3 is 2.87 bits per heavy atom. The minimum Gasteiger partial charge on any atom is -0.497 e. The molecule has 1 aromatic heterocycles. The van der Waals surface area contributed by atoms with Gasteiger partial charge < -0.3 is 9.26 Å². The lowest BCUT2D eigenvalue weighted by atomic mass is 9.98. The number of ether oxygens (including phenoxy) is 1. The van der Waals surface area contributed by atoms with Crippen molar-refractivity contribution in [2.45, 2.75) is 37.0 Å². The van der Waals surface area contributed by atoms with Crippen LogP contribution in [0.25, 0.3) is 0 Å². The Morgan fingerprint density at radius 2 is 2.09 bits per heavy atom. The quantitative estimate of drug-likeness (QED) is 0.818. The summed E-state index contributed by atoms with van der Waals surface area (Å²) in [5.41, 5.74) is 2.08. The summed E-state index contributed by atoms with van der Waals surface area (Å²) < 4.78 is 10.4. The van der Waals surface area contributed by atoms with E-state index in [0.717, 1.165) is 47.6 Å². The van der Waals surface area contributed by atoms with Gasteiger partial charge in [0.05, 0.1) is 12.8 Å². The van der Waals surface area contributed by atoms with Crippen LogP contribution in [-0.4, -0.2) is 23.9 Å². The molecule has 0 saturated heterocycles. The zero-order valence-electron chi connectivity index (χ0n) is 13.1. The molecule has 1 aromatic carbocycles. The Kier molecular flexibility index (Phi) is 5.23. The predicted octanol–water partition coefficient (Wildman–Crippen LogP) is 3.68. The average Bonchev–Trinajstić information content (AvgIpc) is 2.99. The van der Waals surface area contributed by atoms with Crippen molar-refractivity contribution in [1.29, 1.82) is 0 Å². The summed E-state index contributed by atoms with van der Waals surface area (Å²) in [6, 6.07) is 7.83. The van der Waals surface area contributed by atoms with Gasteiger partial charge in [-0.05, 0) is 49.9 Å². The highest BCUT2D eigenvalue weighted by atomic mass is 32.2. The summed E-state index contributed by atoms with van der Waals surface area (Å²) in [6.07, 6.45) is 4.60. The van der Waals surface area contributed by atoms with E-state index in [9.17, 15) is 4.79 Å². The molecular formula is C17H20N2O3S. The number of hydrogen-bond donors (Lipinski definition) is 1. The number of carbonyl (C=O) groups is 1. The van der Waals surface area contributed by atoms with Crippen LogP contribution in [-0.2, 0) is 17.6 Å². The van der Waals surface area contributed by atoms with E-state index in [1.54, 1.807) is 18.9 Å². The Balaban J connectivity index is 1.47. The van der Waals surface area contributed by atoms with Crippen LogP contribution in [0, 0.1) is 0 Å². The average molecular weight is 332 g/mol. The van der Waals surface area contributed by atoms with E-state index >= 15 is 0 Å². The smallest absolute Gasteiger partial charge is 0.234 e. The van der Waals surface area contributed by atoms with Gasteiger partial charge in [-0.1, -0.05) is 5.16 Å². The van der Waals surface area contributed by atoms with Gasteiger partial charge in [0.1, 0.15) is 5.75 Å². The number of nitrogens with one attached hydrogen (secondary N) is 1. The second-order valence-corrected chi connectivity index (χ2v) is 6.63. The van der Waals surface area contributed by atoms with Crippen LogP contribution in [0.1, 0.15) is 30.5 Å². The first-order chi connectivity index (χ1) is 11.3. The van der Waals surface area contributed by atoms with E-state index in [2.05, 4.69) is 10.5 Å². The molecule has 23 heavy (non-hydrogen) atoms. The molecule has 1 N–H and O–H groups in total. The maximum absolute atomic E-state index is 12.1. The molecular weight excluding hydrogens is 312 g/mol. The summed E-state index contributed by atoms with van der Waals surface area (Å²) in [6.45, 7) is 0. The highest BCUT2D eigenvalue weighted by Crippen LogP contribution is 2.28. The lowest BCUT2D eigenvalue weighted by Gasteiger charge is -2.09. The zero-order valence-corrected chi connectivity index (χ0v) is 13.9. The lowest BCUT2D eigenvalue weighted by molar-refractivity contribution is -0.115. The molecule has 0 aliphatic heterocycles. The van der Waals surface area contributed by atoms with Crippen LogP contribution in [0.15, 0.2) is 33.7 Å². The first-order valence-corrected chi connectivity index (χ1v) is 8.79. The monoisotopic (exact) mass is 332 g/mol. The molecule has 3 rings (SSSR count). The van der Waals surface area contributed by atoms with Crippen molar-refractivity contribution in [3.8, 4) is 5.75 Å². The molecule has 0 unspecified atom stereocenters. The zero-order chi connectivity index (χ0) is 16.1. The number of rotatable bonds is 6. The number of nitrogens with zero attached hydrogens (tertiary/aromatic N) is 1. The molecule has 1 aliphatic rings. The molecule has 5 nitrogen and oxygen atoms in total. The van der Waals surface area contributed by atoms with Crippen LogP contribution < -0.4 is 10.1 Å². The second-order valence-electron chi connectivity index (χ2n) is 5.47. The summed E-state index contributed by atoms with van der Waals surface area (Å²) >= 11 is 1.65. The van der Waals surface area contributed by atoms with Crippen molar-refractivity contribution >= 4 is 23.6 Å². The standard InChI is InChI=1S/C17H20N2O3S/c1-21-12-6-8-13(9-7-12)23-11-10-16(20)18-17-14-4-2-3-5-15(14)19-22-17/h6-9H,2-5,10-11H2,1H3,(H,18,20). The van der Waals surface area contributed by atoms with Gasteiger partial charge in [0.2, 0.25) is 11.8 Å². The van der Waals surface area contributed by atoms with Gasteiger partial charge in [-0.3, -0.25) is 10.1 Å². The number of carbonyl (C=O) groups excluding carboxylic acids is 1. The molecule has 0 saturated carbocycles. The van der Waals surface area contributed by atoms with E-state index in [1.165, 1.54) is 0 Å². The number of anilines is 1. The van der Waals surface area contributed by atoms with E-state index < -0.39 is 0 Å². The molecule has 0 radical (unpaired) electrons. The minimum absolute atomic E-state index is 0.0319. The molecule has 1 aliphatic carbocycles. The third kappa shape index (κ3) is 4.07. The Hall–Kier alpha value is -1.95. The summed E-state index contributed by atoms with van der Waals surface area (Å²) in [5, 5.41) is 6.90. The van der Waals surface area contributed by atoms with Crippen LogP contribution >= 0.6 is 11.8 Å². The third-order valence-corrected chi connectivity index (χ3v) is 4.88. The minimum atomic E-state index is -0.0319. The van der Waals surface area contributed by atoms with Gasteiger partial charge in [-0.25, -0.2) is 0 Å². The van der Waals surface area contributed by atoms with Crippen molar-refractivity contribution in [1.82, 2.24) is 5.16 Å². The molecule has 1 heterocycles. The lowest BCUT2D eigenvalue weighted by Crippen LogP contribution is -2.13. The van der Waals surface area contributed by atoms with Crippen molar-refractivity contribution in [3.05, 3.63) is 35.5 Å². The molecule has 0 bridgehead atoms. The number of benzene rings is 1. The molecule has 122 valence electrons. The Bertz CT molecular complexity index is 667. The summed E-state index contributed by atoms with van der Waals surface area (Å²) in [7, 11) is 1.65. The van der Waals surface area contributed by atoms with Gasteiger partial charge in [-0.2, -0.15) is 0 Å². The van der Waals surface area contributed by atoms with Crippen LogP contribution in [0.2, 0.25) is 0 Å². The van der Waals surface area contributed by atoms with Crippen molar-refractivity contribution in [2.75, 3.05) is 18.2 Å². The summed E-state index contributed by atoms with van der Waals surface area (Å²) in [5.74, 6) is 2.06. The SMILES string of the molecule is COc1ccc(SCCC(=O)Nc2onc3c2CCCC3)cc1. The number of thioether (sulfide) groups is 1. The Morgan fingerprint density at radius 1 is 1.30 bits per heavy atom. The van der Waals surface area contributed by atoms with E-state index in [4.69, 9.17) is 9.26 Å². The number of methoxy groups -OCH3 is 1. The van der Waals surface area contributed by atoms with Crippen molar-refractivity contribution in [2.24, 2.45) is 0 Å². The van der Waals surface area contributed by atoms with Gasteiger partial charge in [-0.15, -0.1) is 11.8 Å². The van der Waals surface area contributed by atoms with Gasteiger partial charge >= 0.3 is 0 Å². The number of amides is 1. The fourth-order valence-electron chi connectivity index (χ4n) is 2.61. The van der Waals surface area contributed by atoms with E-state index in [0.29, 0.717) is 18.1 Å². The fraction of sp³-hybridized carbons (Fsp3) is 0.412. The second kappa shape index (κ2) is 7.55. The number of aryl methyl sites for hydroxylation is 1. The van der Waals surface area contributed by atoms with Crippen molar-refractivity contribution < 1.29 is 14.1 Å². The van der Waals surface area contributed by atoms with E-state index in [-0.39, 0.29) is 5.91 Å². The van der Waals surface area contributed by atoms with Crippen LogP contribution in [0.4, 0.5) is 5.88 Å². The Labute approximate surface area is 139 Å². The first-order valence-electron chi connectivity index (χ1n) is 7.80. The number of aromatic nitrogens is 1. The first kappa shape index (κ1) is 15.9. The van der Waals surface area contributed by atoms with E-state index in [1.807, 2.05) is 24.3 Å². The van der Waals surface area contributed by atoms with Crippen LogP contribution in [0.5, 0.6) is 5.75 Å². The molecule has 2 aromatic rings. The number of fused-ring (bicyclic) bond motifs is 1. The molecule has 0 atom stereocenters.